The number of hydrogen-bond donors (Lipinski definition) is 1. The van der Waals surface area contributed by atoms with Crippen LogP contribution in [0.3, 0.4) is 0 Å². The molecule has 5 heteroatoms. The number of nitro groups is 1. The van der Waals surface area contributed by atoms with E-state index in [0.29, 0.717) is 12.1 Å². The number of aryl methyl sites for hydroxylation is 1. The fourth-order valence-electron chi connectivity index (χ4n) is 2.49. The Morgan fingerprint density at radius 3 is 3.00 bits per heavy atom. The van der Waals surface area contributed by atoms with Crippen LogP contribution < -0.4 is 0 Å². The molecule has 1 aliphatic heterocycles. The lowest BCUT2D eigenvalue weighted by Crippen LogP contribution is -2.31. The molecule has 5 nitrogen and oxygen atoms in total. The van der Waals surface area contributed by atoms with Gasteiger partial charge in [0.05, 0.1) is 11.5 Å². The van der Waals surface area contributed by atoms with E-state index in [2.05, 4.69) is 4.90 Å². The summed E-state index contributed by atoms with van der Waals surface area (Å²) in [7, 11) is 0. The molecule has 1 saturated heterocycles. The van der Waals surface area contributed by atoms with Crippen molar-refractivity contribution in [3.8, 4) is 0 Å². The molecule has 1 aliphatic rings. The molecule has 98 valence electrons. The predicted molar refractivity (Wildman–Crippen MR) is 68.4 cm³/mol. The third kappa shape index (κ3) is 2.68. The van der Waals surface area contributed by atoms with Crippen molar-refractivity contribution in [3.05, 3.63) is 39.4 Å². The number of benzene rings is 1. The summed E-state index contributed by atoms with van der Waals surface area (Å²) in [6.45, 7) is 3.53. The predicted octanol–water partition coefficient (Wildman–Crippen LogP) is 1.86. The van der Waals surface area contributed by atoms with Crippen molar-refractivity contribution >= 4 is 5.69 Å². The number of nitrogens with zero attached hydrogens (tertiary/aromatic N) is 2. The van der Waals surface area contributed by atoms with Gasteiger partial charge in [0.1, 0.15) is 0 Å². The fourth-order valence-corrected chi connectivity index (χ4v) is 2.49. The zero-order chi connectivity index (χ0) is 13.1. The molecule has 1 atom stereocenters. The van der Waals surface area contributed by atoms with Gasteiger partial charge < -0.3 is 5.11 Å². The first-order chi connectivity index (χ1) is 8.61. The summed E-state index contributed by atoms with van der Waals surface area (Å²) < 4.78 is 0. The molecule has 0 unspecified atom stereocenters. The fraction of sp³-hybridized carbons (Fsp3) is 0.538. The highest BCUT2D eigenvalue weighted by molar-refractivity contribution is 5.42. The first kappa shape index (κ1) is 13.0. The van der Waals surface area contributed by atoms with Gasteiger partial charge in [-0.25, -0.2) is 0 Å². The molecule has 2 rings (SSSR count). The van der Waals surface area contributed by atoms with Crippen LogP contribution in [0.15, 0.2) is 18.2 Å². The summed E-state index contributed by atoms with van der Waals surface area (Å²) >= 11 is 0. The number of aliphatic hydroxyl groups is 1. The van der Waals surface area contributed by atoms with Crippen molar-refractivity contribution in [1.82, 2.24) is 4.90 Å². The second kappa shape index (κ2) is 5.46. The van der Waals surface area contributed by atoms with E-state index in [1.165, 1.54) is 0 Å². The van der Waals surface area contributed by atoms with Gasteiger partial charge in [-0.2, -0.15) is 0 Å². The first-order valence-corrected chi connectivity index (χ1v) is 6.20. The second-order valence-electron chi connectivity index (χ2n) is 4.83. The highest BCUT2D eigenvalue weighted by atomic mass is 16.6. The summed E-state index contributed by atoms with van der Waals surface area (Å²) in [5.74, 6) is 0. The number of aliphatic hydroxyl groups excluding tert-OH is 1. The molecule has 1 N–H and O–H groups in total. The molecule has 0 aliphatic carbocycles. The number of hydrogen-bond acceptors (Lipinski definition) is 4. The van der Waals surface area contributed by atoms with Crippen molar-refractivity contribution in [2.75, 3.05) is 13.2 Å². The van der Waals surface area contributed by atoms with E-state index < -0.39 is 0 Å². The van der Waals surface area contributed by atoms with Crippen molar-refractivity contribution in [1.29, 1.82) is 0 Å². The van der Waals surface area contributed by atoms with Gasteiger partial charge >= 0.3 is 0 Å². The van der Waals surface area contributed by atoms with Crippen LogP contribution in [-0.4, -0.2) is 34.1 Å². The number of nitro benzene ring substituents is 1. The lowest BCUT2D eigenvalue weighted by molar-refractivity contribution is -0.385. The minimum absolute atomic E-state index is 0.161. The van der Waals surface area contributed by atoms with Gasteiger partial charge in [-0.3, -0.25) is 15.0 Å². The van der Waals surface area contributed by atoms with E-state index in [1.807, 2.05) is 6.07 Å². The Bertz CT molecular complexity index is 448. The average Bonchev–Trinajstić information content (AvgIpc) is 2.78. The van der Waals surface area contributed by atoms with Crippen LogP contribution in [0.5, 0.6) is 0 Å². The minimum atomic E-state index is -0.341. The van der Waals surface area contributed by atoms with Gasteiger partial charge in [0.25, 0.3) is 5.69 Å². The molecule has 0 spiro atoms. The van der Waals surface area contributed by atoms with Crippen molar-refractivity contribution in [3.63, 3.8) is 0 Å². The SMILES string of the molecule is Cc1ccc(CN2CCC[C@H]2CO)cc1[N+](=O)[O-]. The van der Waals surface area contributed by atoms with Gasteiger partial charge in [0.15, 0.2) is 0 Å². The number of likely N-dealkylation sites (tertiary alicyclic amines) is 1. The van der Waals surface area contributed by atoms with E-state index in [-0.39, 0.29) is 23.3 Å². The Labute approximate surface area is 106 Å². The molecule has 1 aromatic carbocycles. The molecular weight excluding hydrogens is 232 g/mol. The van der Waals surface area contributed by atoms with E-state index in [9.17, 15) is 15.2 Å². The van der Waals surface area contributed by atoms with Crippen LogP contribution in [0.2, 0.25) is 0 Å². The lowest BCUT2D eigenvalue weighted by Gasteiger charge is -2.22. The maximum Gasteiger partial charge on any atom is 0.272 e. The normalized spacial score (nSPS) is 20.2. The minimum Gasteiger partial charge on any atom is -0.395 e. The highest BCUT2D eigenvalue weighted by Gasteiger charge is 2.24. The Kier molecular flexibility index (Phi) is 3.93. The van der Waals surface area contributed by atoms with Crippen LogP contribution in [0.25, 0.3) is 0 Å². The van der Waals surface area contributed by atoms with Crippen molar-refractivity contribution < 1.29 is 10.0 Å². The largest absolute Gasteiger partial charge is 0.395 e. The van der Waals surface area contributed by atoms with Gasteiger partial charge in [-0.1, -0.05) is 12.1 Å². The Balaban J connectivity index is 2.14. The van der Waals surface area contributed by atoms with Gasteiger partial charge in [0.2, 0.25) is 0 Å². The molecule has 0 saturated carbocycles. The van der Waals surface area contributed by atoms with Gasteiger partial charge in [-0.05, 0) is 31.9 Å². The number of rotatable bonds is 4. The quantitative estimate of drug-likeness (QED) is 0.654. The molecule has 0 amide bonds. The molecule has 0 bridgehead atoms. The maximum atomic E-state index is 10.9. The van der Waals surface area contributed by atoms with Gasteiger partial charge in [0, 0.05) is 24.2 Å². The lowest BCUT2D eigenvalue weighted by atomic mass is 10.1. The Morgan fingerprint density at radius 2 is 2.33 bits per heavy atom. The Hall–Kier alpha value is -1.46. The molecule has 1 fully saturated rings. The molecular formula is C13H18N2O3. The van der Waals surface area contributed by atoms with Crippen LogP contribution in [0.4, 0.5) is 5.69 Å². The van der Waals surface area contributed by atoms with E-state index in [4.69, 9.17) is 0 Å². The van der Waals surface area contributed by atoms with Crippen LogP contribution in [0, 0.1) is 17.0 Å². The third-order valence-electron chi connectivity index (χ3n) is 3.57. The first-order valence-electron chi connectivity index (χ1n) is 6.20. The summed E-state index contributed by atoms with van der Waals surface area (Å²) in [5.41, 5.74) is 1.80. The van der Waals surface area contributed by atoms with E-state index >= 15 is 0 Å². The van der Waals surface area contributed by atoms with Crippen LogP contribution >= 0.6 is 0 Å². The van der Waals surface area contributed by atoms with Crippen LogP contribution in [0.1, 0.15) is 24.0 Å². The highest BCUT2D eigenvalue weighted by Crippen LogP contribution is 2.23. The molecule has 1 aromatic rings. The zero-order valence-electron chi connectivity index (χ0n) is 10.5. The van der Waals surface area contributed by atoms with Crippen LogP contribution in [-0.2, 0) is 6.54 Å². The second-order valence-corrected chi connectivity index (χ2v) is 4.83. The van der Waals surface area contributed by atoms with E-state index in [1.54, 1.807) is 19.1 Å². The van der Waals surface area contributed by atoms with Gasteiger partial charge in [-0.15, -0.1) is 0 Å². The molecule has 1 heterocycles. The topological polar surface area (TPSA) is 66.6 Å². The zero-order valence-corrected chi connectivity index (χ0v) is 10.5. The molecule has 0 aromatic heterocycles. The average molecular weight is 250 g/mol. The molecule has 18 heavy (non-hydrogen) atoms. The smallest absolute Gasteiger partial charge is 0.272 e. The van der Waals surface area contributed by atoms with Crippen molar-refractivity contribution in [2.24, 2.45) is 0 Å². The van der Waals surface area contributed by atoms with E-state index in [0.717, 1.165) is 24.9 Å². The summed E-state index contributed by atoms with van der Waals surface area (Å²) in [6.07, 6.45) is 2.09. The monoisotopic (exact) mass is 250 g/mol. The summed E-state index contributed by atoms with van der Waals surface area (Å²) in [6, 6.07) is 5.56. The third-order valence-corrected chi connectivity index (χ3v) is 3.57. The molecule has 0 radical (unpaired) electrons. The van der Waals surface area contributed by atoms with Crippen molar-refractivity contribution in [2.45, 2.75) is 32.4 Å². The maximum absolute atomic E-state index is 10.9. The summed E-state index contributed by atoms with van der Waals surface area (Å²) in [5, 5.41) is 20.1. The standard InChI is InChI=1S/C13H18N2O3/c1-10-4-5-11(7-13(10)15(17)18)8-14-6-2-3-12(14)9-16/h4-5,7,12,16H,2-3,6,8-9H2,1H3/t12-/m0/s1. The Morgan fingerprint density at radius 1 is 1.56 bits per heavy atom. The summed E-state index contributed by atoms with van der Waals surface area (Å²) in [4.78, 5) is 12.7.